The second kappa shape index (κ2) is 9.69. The number of aryl methyl sites for hydroxylation is 1. The van der Waals surface area contributed by atoms with Gasteiger partial charge in [-0.1, -0.05) is 42.9 Å². The van der Waals surface area contributed by atoms with E-state index in [1.165, 1.54) is 40.1 Å². The molecule has 2 aromatic heterocycles. The summed E-state index contributed by atoms with van der Waals surface area (Å²) in [5.41, 5.74) is 0.655. The number of anilines is 1. The molecule has 0 aliphatic heterocycles. The van der Waals surface area contributed by atoms with Crippen LogP contribution in [0.25, 0.3) is 4.96 Å². The molecule has 32 heavy (non-hydrogen) atoms. The third-order valence-corrected chi connectivity index (χ3v) is 5.65. The smallest absolute Gasteiger partial charge is 0.275 e. The number of hydrogen-bond acceptors (Lipinski definition) is 6. The van der Waals surface area contributed by atoms with Gasteiger partial charge in [0.25, 0.3) is 11.5 Å². The van der Waals surface area contributed by atoms with Gasteiger partial charge in [-0.05, 0) is 30.7 Å². The molecule has 2 heterocycles. The topological polar surface area (TPSA) is 85.6 Å². The van der Waals surface area contributed by atoms with Gasteiger partial charge in [0.2, 0.25) is 4.96 Å². The number of rotatable bonds is 8. The van der Waals surface area contributed by atoms with Gasteiger partial charge in [-0.2, -0.15) is 9.61 Å². The molecule has 0 aliphatic carbocycles. The zero-order valence-corrected chi connectivity index (χ0v) is 18.2. The number of nitrogens with zero attached hydrogens (tertiary/aromatic N) is 3. The van der Waals surface area contributed by atoms with E-state index in [2.05, 4.69) is 22.3 Å². The van der Waals surface area contributed by atoms with Gasteiger partial charge in [0.05, 0.1) is 11.3 Å². The van der Waals surface area contributed by atoms with E-state index in [4.69, 9.17) is 4.74 Å². The van der Waals surface area contributed by atoms with Crippen molar-refractivity contribution in [1.82, 2.24) is 14.6 Å². The van der Waals surface area contributed by atoms with Crippen LogP contribution in [0.2, 0.25) is 0 Å². The van der Waals surface area contributed by atoms with Gasteiger partial charge in [-0.15, -0.1) is 0 Å². The summed E-state index contributed by atoms with van der Waals surface area (Å²) in [4.78, 5) is 29.7. The van der Waals surface area contributed by atoms with E-state index in [-0.39, 0.29) is 17.7 Å². The van der Waals surface area contributed by atoms with Crippen LogP contribution in [0.4, 0.5) is 10.1 Å². The number of carbonyl (C=O) groups is 1. The quantitative estimate of drug-likeness (QED) is 0.427. The van der Waals surface area contributed by atoms with E-state index in [1.54, 1.807) is 30.3 Å². The fraction of sp³-hybridized carbons (Fsp3) is 0.217. The van der Waals surface area contributed by atoms with Crippen molar-refractivity contribution in [2.45, 2.75) is 32.8 Å². The highest BCUT2D eigenvalue weighted by atomic mass is 32.1. The summed E-state index contributed by atoms with van der Waals surface area (Å²) in [5.74, 6) is -0.665. The lowest BCUT2D eigenvalue weighted by atomic mass is 10.2. The summed E-state index contributed by atoms with van der Waals surface area (Å²) >= 11 is 1.40. The average Bonchev–Trinajstić information content (AvgIpc) is 3.20. The number of benzene rings is 2. The first-order valence-electron chi connectivity index (χ1n) is 10.2. The second-order valence-corrected chi connectivity index (χ2v) is 8.17. The van der Waals surface area contributed by atoms with Crippen LogP contribution in [-0.4, -0.2) is 20.5 Å². The van der Waals surface area contributed by atoms with Crippen molar-refractivity contribution in [3.05, 3.63) is 87.0 Å². The van der Waals surface area contributed by atoms with Crippen LogP contribution >= 0.6 is 11.3 Å². The highest BCUT2D eigenvalue weighted by molar-refractivity contribution is 7.16. The highest BCUT2D eigenvalue weighted by Crippen LogP contribution is 2.20. The van der Waals surface area contributed by atoms with Crippen molar-refractivity contribution in [3.63, 3.8) is 0 Å². The Balaban J connectivity index is 1.45. The van der Waals surface area contributed by atoms with E-state index < -0.39 is 11.7 Å². The van der Waals surface area contributed by atoms with Gasteiger partial charge in [0.15, 0.2) is 0 Å². The summed E-state index contributed by atoms with van der Waals surface area (Å²) in [7, 11) is 0. The molecule has 9 heteroatoms. The van der Waals surface area contributed by atoms with Crippen molar-refractivity contribution < 1.29 is 13.9 Å². The average molecular weight is 453 g/mol. The lowest BCUT2D eigenvalue weighted by molar-refractivity contribution is 0.102. The normalized spacial score (nSPS) is 10.9. The first kappa shape index (κ1) is 21.6. The standard InChI is InChI=1S/C23H21FN4O3S/c1-2-3-11-20-27-28-21(29)13-16(26-23(28)32-20)14-31-17-8-6-7-15(12-17)25-22(30)18-9-4-5-10-19(18)24/h4-10,12-13H,2-3,11,14H2,1H3,(H,25,30). The molecule has 0 spiro atoms. The Labute approximate surface area is 187 Å². The van der Waals surface area contributed by atoms with Crippen molar-refractivity contribution in [2.24, 2.45) is 0 Å². The first-order valence-corrected chi connectivity index (χ1v) is 11.0. The minimum atomic E-state index is -0.592. The van der Waals surface area contributed by atoms with Gasteiger partial charge in [-0.3, -0.25) is 9.59 Å². The number of amides is 1. The lowest BCUT2D eigenvalue weighted by Gasteiger charge is -2.09. The Kier molecular flexibility index (Phi) is 6.55. The van der Waals surface area contributed by atoms with Crippen LogP contribution in [0.1, 0.15) is 40.8 Å². The minimum Gasteiger partial charge on any atom is -0.487 e. The summed E-state index contributed by atoms with van der Waals surface area (Å²) in [5, 5.41) is 7.87. The molecule has 2 aromatic carbocycles. The monoisotopic (exact) mass is 452 g/mol. The van der Waals surface area contributed by atoms with Gasteiger partial charge in [0, 0.05) is 24.2 Å². The van der Waals surface area contributed by atoms with E-state index in [1.807, 2.05) is 0 Å². The number of aromatic nitrogens is 3. The maximum absolute atomic E-state index is 13.8. The fourth-order valence-electron chi connectivity index (χ4n) is 3.06. The molecule has 0 aliphatic rings. The third-order valence-electron chi connectivity index (χ3n) is 4.68. The van der Waals surface area contributed by atoms with Crippen molar-refractivity contribution in [3.8, 4) is 5.75 Å². The molecule has 1 N–H and O–H groups in total. The number of hydrogen-bond donors (Lipinski definition) is 1. The second-order valence-electron chi connectivity index (χ2n) is 7.13. The van der Waals surface area contributed by atoms with E-state index in [9.17, 15) is 14.0 Å². The van der Waals surface area contributed by atoms with Crippen LogP contribution < -0.4 is 15.6 Å². The van der Waals surface area contributed by atoms with Crippen LogP contribution in [0.15, 0.2) is 59.4 Å². The molecule has 4 aromatic rings. The Morgan fingerprint density at radius 2 is 2.03 bits per heavy atom. The molecule has 0 saturated heterocycles. The number of carbonyl (C=O) groups excluding carboxylic acids is 1. The Bertz CT molecular complexity index is 1320. The van der Waals surface area contributed by atoms with Crippen molar-refractivity contribution in [1.29, 1.82) is 0 Å². The number of fused-ring (bicyclic) bond motifs is 1. The molecule has 164 valence electrons. The molecule has 0 bridgehead atoms. The molecule has 0 atom stereocenters. The Morgan fingerprint density at radius 3 is 2.84 bits per heavy atom. The molecular formula is C23H21FN4O3S. The first-order chi connectivity index (χ1) is 15.5. The highest BCUT2D eigenvalue weighted by Gasteiger charge is 2.12. The Morgan fingerprint density at radius 1 is 1.19 bits per heavy atom. The van der Waals surface area contributed by atoms with Gasteiger partial charge < -0.3 is 10.1 Å². The molecule has 7 nitrogen and oxygen atoms in total. The maximum atomic E-state index is 13.8. The van der Waals surface area contributed by atoms with E-state index in [0.717, 1.165) is 24.3 Å². The molecule has 0 saturated carbocycles. The predicted molar refractivity (Wildman–Crippen MR) is 121 cm³/mol. The van der Waals surface area contributed by atoms with E-state index >= 15 is 0 Å². The molecule has 1 amide bonds. The van der Waals surface area contributed by atoms with Gasteiger partial charge >= 0.3 is 0 Å². The zero-order valence-electron chi connectivity index (χ0n) is 17.4. The van der Waals surface area contributed by atoms with Gasteiger partial charge in [-0.25, -0.2) is 9.37 Å². The molecular weight excluding hydrogens is 431 g/mol. The Hall–Kier alpha value is -3.59. The molecule has 0 unspecified atom stereocenters. The van der Waals surface area contributed by atoms with Crippen LogP contribution in [-0.2, 0) is 13.0 Å². The minimum absolute atomic E-state index is 0.0420. The number of nitrogens with one attached hydrogen (secondary N) is 1. The SMILES string of the molecule is CCCCc1nn2c(=O)cc(COc3cccc(NC(=O)c4ccccc4F)c3)nc2s1. The number of halogens is 1. The van der Waals surface area contributed by atoms with Crippen molar-refractivity contribution >= 4 is 27.9 Å². The summed E-state index contributed by atoms with van der Waals surface area (Å²) in [6, 6.07) is 13.9. The molecule has 0 radical (unpaired) electrons. The third kappa shape index (κ3) is 5.00. The number of unbranched alkanes of at least 4 members (excludes halogenated alkanes) is 1. The maximum Gasteiger partial charge on any atom is 0.275 e. The van der Waals surface area contributed by atoms with Crippen LogP contribution in [0.5, 0.6) is 5.75 Å². The van der Waals surface area contributed by atoms with Crippen molar-refractivity contribution in [2.75, 3.05) is 5.32 Å². The summed E-state index contributed by atoms with van der Waals surface area (Å²) in [6.07, 6.45) is 2.88. The number of ether oxygens (including phenoxy) is 1. The fourth-order valence-corrected chi connectivity index (χ4v) is 4.02. The van der Waals surface area contributed by atoms with E-state index in [0.29, 0.717) is 22.1 Å². The summed E-state index contributed by atoms with van der Waals surface area (Å²) in [6.45, 7) is 2.19. The predicted octanol–water partition coefficient (Wildman–Crippen LogP) is 4.46. The summed E-state index contributed by atoms with van der Waals surface area (Å²) < 4.78 is 20.9. The van der Waals surface area contributed by atoms with Crippen LogP contribution in [0, 0.1) is 5.82 Å². The largest absolute Gasteiger partial charge is 0.487 e. The zero-order chi connectivity index (χ0) is 22.5. The molecule has 4 rings (SSSR count). The van der Waals surface area contributed by atoms with Crippen LogP contribution in [0.3, 0.4) is 0 Å². The molecule has 0 fully saturated rings. The van der Waals surface area contributed by atoms with Gasteiger partial charge in [0.1, 0.15) is 23.2 Å². The lowest BCUT2D eigenvalue weighted by Crippen LogP contribution is -2.16.